The van der Waals surface area contributed by atoms with Gasteiger partial charge >= 0.3 is 6.18 Å². The van der Waals surface area contributed by atoms with Crippen molar-refractivity contribution in [2.75, 3.05) is 13.1 Å². The van der Waals surface area contributed by atoms with Gasteiger partial charge < -0.3 is 0 Å². The Labute approximate surface area is 184 Å². The monoisotopic (exact) mass is 430 g/mol. The van der Waals surface area contributed by atoms with E-state index in [2.05, 4.69) is 36.1 Å². The van der Waals surface area contributed by atoms with Gasteiger partial charge in [-0.25, -0.2) is 0 Å². The normalized spacial score (nSPS) is 18.4. The third-order valence-corrected chi connectivity index (χ3v) is 5.98. The van der Waals surface area contributed by atoms with Gasteiger partial charge in [-0.2, -0.15) is 18.4 Å². The minimum Gasteiger partial charge on any atom is -0.299 e. The maximum absolute atomic E-state index is 13.2. The number of hydrogen-bond acceptors (Lipinski definition) is 2. The lowest BCUT2D eigenvalue weighted by molar-refractivity contribution is -0.176. The Kier molecular flexibility index (Phi) is 10.1. The van der Waals surface area contributed by atoms with Crippen molar-refractivity contribution in [3.8, 4) is 6.07 Å². The smallest absolute Gasteiger partial charge is 0.299 e. The minimum atomic E-state index is -4.08. The van der Waals surface area contributed by atoms with E-state index in [-0.39, 0.29) is 12.3 Å². The van der Waals surface area contributed by atoms with Crippen molar-refractivity contribution in [2.45, 2.75) is 64.6 Å². The highest BCUT2D eigenvalue weighted by molar-refractivity contribution is 5.27. The highest BCUT2D eigenvalue weighted by Crippen LogP contribution is 2.48. The van der Waals surface area contributed by atoms with Crippen molar-refractivity contribution < 1.29 is 13.2 Å². The summed E-state index contributed by atoms with van der Waals surface area (Å²) in [7, 11) is 0. The van der Waals surface area contributed by atoms with Gasteiger partial charge in [0.25, 0.3) is 0 Å². The molecule has 2 aromatic rings. The number of nitrogens with zero attached hydrogens (tertiary/aromatic N) is 2. The number of alkyl halides is 3. The second kappa shape index (κ2) is 12.5. The Balaban J connectivity index is 0.00000107. The third kappa shape index (κ3) is 8.03. The predicted molar refractivity (Wildman–Crippen MR) is 120 cm³/mol. The maximum Gasteiger partial charge on any atom is 0.392 e. The largest absolute Gasteiger partial charge is 0.392 e. The van der Waals surface area contributed by atoms with Crippen LogP contribution >= 0.6 is 0 Å². The predicted octanol–water partition coefficient (Wildman–Crippen LogP) is 7.12. The summed E-state index contributed by atoms with van der Waals surface area (Å²) >= 11 is 0. The van der Waals surface area contributed by atoms with Crippen LogP contribution in [0.3, 0.4) is 0 Å². The number of benzene rings is 2. The lowest BCUT2D eigenvalue weighted by Crippen LogP contribution is -2.25. The number of nitriles is 1. The summed E-state index contributed by atoms with van der Waals surface area (Å²) in [6.45, 7) is 6.59. The van der Waals surface area contributed by atoms with Crippen molar-refractivity contribution in [1.82, 2.24) is 4.90 Å². The molecule has 1 saturated carbocycles. The average molecular weight is 431 g/mol. The van der Waals surface area contributed by atoms with Gasteiger partial charge in [-0.05, 0) is 61.4 Å². The van der Waals surface area contributed by atoms with E-state index >= 15 is 0 Å². The van der Waals surface area contributed by atoms with E-state index in [9.17, 15) is 13.2 Å². The molecule has 2 atom stereocenters. The summed E-state index contributed by atoms with van der Waals surface area (Å²) in [5.74, 6) is -1.54. The van der Waals surface area contributed by atoms with E-state index in [1.807, 2.05) is 30.3 Å². The second-order valence-electron chi connectivity index (χ2n) is 8.11. The molecule has 1 aliphatic rings. The molecule has 2 aromatic carbocycles. The molecular formula is C26H33F3N2. The molecule has 2 unspecified atom stereocenters. The Morgan fingerprint density at radius 2 is 1.65 bits per heavy atom. The fourth-order valence-corrected chi connectivity index (χ4v) is 4.38. The van der Waals surface area contributed by atoms with Gasteiger partial charge in [-0.3, -0.25) is 4.90 Å². The van der Waals surface area contributed by atoms with Crippen LogP contribution in [0.1, 0.15) is 62.1 Å². The lowest BCUT2D eigenvalue weighted by Gasteiger charge is -2.23. The highest BCUT2D eigenvalue weighted by atomic mass is 19.4. The third-order valence-electron chi connectivity index (χ3n) is 5.98. The van der Waals surface area contributed by atoms with Crippen molar-refractivity contribution in [1.29, 1.82) is 5.26 Å². The molecule has 0 spiro atoms. The maximum atomic E-state index is 13.2. The van der Waals surface area contributed by atoms with E-state index in [0.717, 1.165) is 38.0 Å². The van der Waals surface area contributed by atoms with E-state index in [1.165, 1.54) is 18.1 Å². The summed E-state index contributed by atoms with van der Waals surface area (Å²) in [6.07, 6.45) is -0.487. The molecule has 2 nitrogen and oxygen atoms in total. The van der Waals surface area contributed by atoms with Crippen molar-refractivity contribution in [3.63, 3.8) is 0 Å². The molecular weight excluding hydrogens is 397 g/mol. The molecule has 0 heterocycles. The molecule has 1 aliphatic carbocycles. The van der Waals surface area contributed by atoms with Crippen LogP contribution in [-0.4, -0.2) is 24.2 Å². The van der Waals surface area contributed by atoms with Crippen LogP contribution in [0.2, 0.25) is 0 Å². The van der Waals surface area contributed by atoms with Crippen LogP contribution < -0.4 is 0 Å². The second-order valence-corrected chi connectivity index (χ2v) is 8.11. The van der Waals surface area contributed by atoms with Gasteiger partial charge in [0.1, 0.15) is 0 Å². The topological polar surface area (TPSA) is 27.0 Å². The molecule has 0 aliphatic heterocycles. The number of aryl methyl sites for hydroxylation is 1. The molecule has 0 aromatic heterocycles. The Morgan fingerprint density at radius 3 is 2.23 bits per heavy atom. The van der Waals surface area contributed by atoms with Gasteiger partial charge in [0.2, 0.25) is 0 Å². The van der Waals surface area contributed by atoms with Gasteiger partial charge in [0.15, 0.2) is 0 Å². The molecule has 0 radical (unpaired) electrons. The first-order chi connectivity index (χ1) is 14.9. The van der Waals surface area contributed by atoms with Crippen LogP contribution in [0.5, 0.6) is 0 Å². The molecule has 0 amide bonds. The zero-order valence-electron chi connectivity index (χ0n) is 18.5. The van der Waals surface area contributed by atoms with Crippen molar-refractivity contribution in [3.05, 3.63) is 71.3 Å². The molecule has 3 rings (SSSR count). The Morgan fingerprint density at radius 1 is 1.00 bits per heavy atom. The van der Waals surface area contributed by atoms with Gasteiger partial charge in [0.05, 0.1) is 12.0 Å². The Hall–Kier alpha value is -2.32. The van der Waals surface area contributed by atoms with Crippen molar-refractivity contribution >= 4 is 0 Å². The van der Waals surface area contributed by atoms with Crippen molar-refractivity contribution in [2.24, 2.45) is 5.92 Å². The van der Waals surface area contributed by atoms with E-state index < -0.39 is 12.1 Å². The van der Waals surface area contributed by atoms with E-state index in [1.54, 1.807) is 6.07 Å². The standard InChI is InChI=1S/C24H30F3N.C2H3N/c1-2-28(18-20-8-4-3-5-9-20)17-7-10-19-13-15-21(16-14-19)22-11-6-12-23(22)24(25,26)27;1-2-3/h3-5,8-9,13-16,22-23H,2,6-7,10-12,17-18H2,1H3;1H3. The molecule has 31 heavy (non-hydrogen) atoms. The molecule has 5 heteroatoms. The van der Waals surface area contributed by atoms with Crippen LogP contribution in [0, 0.1) is 17.2 Å². The van der Waals surface area contributed by atoms with Crippen LogP contribution in [0.15, 0.2) is 54.6 Å². The average Bonchev–Trinajstić information content (AvgIpc) is 3.25. The number of halogens is 3. The molecule has 168 valence electrons. The van der Waals surface area contributed by atoms with Crippen LogP contribution in [0.25, 0.3) is 0 Å². The molecule has 1 fully saturated rings. The Bertz CT molecular complexity index is 794. The SMILES string of the molecule is CC#N.CCN(CCCc1ccc(C2CCCC2C(F)(F)F)cc1)Cc1ccccc1. The fraction of sp³-hybridized carbons (Fsp3) is 0.500. The minimum absolute atomic E-state index is 0.268. The summed E-state index contributed by atoms with van der Waals surface area (Å²) in [5.41, 5.74) is 3.38. The van der Waals surface area contributed by atoms with E-state index in [4.69, 9.17) is 5.26 Å². The number of rotatable bonds is 8. The van der Waals surface area contributed by atoms with Crippen LogP contribution in [-0.2, 0) is 13.0 Å². The summed E-state index contributed by atoms with van der Waals surface area (Å²) < 4.78 is 39.6. The molecule has 0 saturated heterocycles. The summed E-state index contributed by atoms with van der Waals surface area (Å²) in [6, 6.07) is 20.1. The molecule has 0 bridgehead atoms. The lowest BCUT2D eigenvalue weighted by atomic mass is 9.88. The zero-order chi connectivity index (χ0) is 22.7. The highest BCUT2D eigenvalue weighted by Gasteiger charge is 2.47. The fourth-order valence-electron chi connectivity index (χ4n) is 4.38. The number of hydrogen-bond donors (Lipinski definition) is 0. The quantitative estimate of drug-likeness (QED) is 0.446. The van der Waals surface area contributed by atoms with Gasteiger partial charge in [-0.15, -0.1) is 0 Å². The first kappa shape index (κ1) is 24.9. The zero-order valence-corrected chi connectivity index (χ0v) is 18.5. The molecule has 0 N–H and O–H groups in total. The summed E-state index contributed by atoms with van der Waals surface area (Å²) in [4.78, 5) is 2.43. The van der Waals surface area contributed by atoms with Crippen LogP contribution in [0.4, 0.5) is 13.2 Å². The van der Waals surface area contributed by atoms with Gasteiger partial charge in [0, 0.05) is 13.5 Å². The van der Waals surface area contributed by atoms with E-state index in [0.29, 0.717) is 12.8 Å². The first-order valence-electron chi connectivity index (χ1n) is 11.1. The van der Waals surface area contributed by atoms with Gasteiger partial charge in [-0.1, -0.05) is 67.9 Å². The summed E-state index contributed by atoms with van der Waals surface area (Å²) in [5, 5.41) is 7.32. The first-order valence-corrected chi connectivity index (χ1v) is 11.1.